The average Bonchev–Trinajstić information content (AvgIpc) is 2.41. The number of carboxylic acids is 1. The number of rotatable bonds is 8. The zero-order valence-electron chi connectivity index (χ0n) is 11.6. The molecule has 0 unspecified atom stereocenters. The van der Waals surface area contributed by atoms with E-state index in [1.807, 2.05) is 11.8 Å². The molecule has 1 rings (SSSR count). The number of aliphatic carboxylic acids is 1. The number of hydrogen-bond donors (Lipinski definition) is 1. The highest BCUT2D eigenvalue weighted by Crippen LogP contribution is 2.04. The summed E-state index contributed by atoms with van der Waals surface area (Å²) in [6.45, 7) is 6.69. The lowest BCUT2D eigenvalue weighted by Gasteiger charge is -2.34. The molecule has 0 radical (unpaired) electrons. The van der Waals surface area contributed by atoms with Gasteiger partial charge in [0, 0.05) is 39.3 Å². The molecule has 0 bridgehead atoms. The molecule has 0 atom stereocenters. The maximum absolute atomic E-state index is 11.9. The van der Waals surface area contributed by atoms with Crippen LogP contribution >= 0.6 is 0 Å². The van der Waals surface area contributed by atoms with Crippen molar-refractivity contribution in [2.24, 2.45) is 0 Å². The van der Waals surface area contributed by atoms with E-state index in [4.69, 9.17) is 9.84 Å². The number of carbonyl (C=O) groups is 2. The molecule has 0 aliphatic carbocycles. The van der Waals surface area contributed by atoms with Crippen LogP contribution in [0.25, 0.3) is 0 Å². The third kappa shape index (κ3) is 6.54. The molecule has 1 amide bonds. The molecule has 0 aromatic carbocycles. The van der Waals surface area contributed by atoms with Crippen LogP contribution < -0.4 is 0 Å². The van der Waals surface area contributed by atoms with Gasteiger partial charge in [-0.1, -0.05) is 6.92 Å². The van der Waals surface area contributed by atoms with Crippen molar-refractivity contribution in [2.45, 2.75) is 26.2 Å². The van der Waals surface area contributed by atoms with E-state index in [2.05, 4.69) is 4.90 Å². The van der Waals surface area contributed by atoms with Gasteiger partial charge in [0.15, 0.2) is 0 Å². The van der Waals surface area contributed by atoms with Crippen LogP contribution in [-0.2, 0) is 14.3 Å². The quantitative estimate of drug-likeness (QED) is 0.649. The second-order valence-electron chi connectivity index (χ2n) is 4.73. The van der Waals surface area contributed by atoms with Crippen molar-refractivity contribution in [1.82, 2.24) is 9.80 Å². The number of carboxylic acid groups (broad SMARTS) is 1. The molecule has 1 saturated heterocycles. The minimum Gasteiger partial charge on any atom is -0.481 e. The van der Waals surface area contributed by atoms with Gasteiger partial charge in [-0.2, -0.15) is 0 Å². The van der Waals surface area contributed by atoms with Crippen molar-refractivity contribution in [2.75, 3.05) is 45.9 Å². The molecule has 110 valence electrons. The Bertz CT molecular complexity index is 288. The minimum absolute atomic E-state index is 0.133. The molecule has 19 heavy (non-hydrogen) atoms. The van der Waals surface area contributed by atoms with Gasteiger partial charge < -0.3 is 14.7 Å². The number of ether oxygens (including phenoxy) is 1. The third-order valence-corrected chi connectivity index (χ3v) is 3.18. The predicted molar refractivity (Wildman–Crippen MR) is 71.0 cm³/mol. The average molecular weight is 272 g/mol. The van der Waals surface area contributed by atoms with E-state index in [9.17, 15) is 9.59 Å². The van der Waals surface area contributed by atoms with E-state index in [1.54, 1.807) is 0 Å². The van der Waals surface area contributed by atoms with Gasteiger partial charge in [-0.15, -0.1) is 0 Å². The molecular weight excluding hydrogens is 248 g/mol. The van der Waals surface area contributed by atoms with E-state index < -0.39 is 5.97 Å². The molecular formula is C13H24N2O4. The summed E-state index contributed by atoms with van der Waals surface area (Å²) in [6.07, 6.45) is 1.57. The first-order valence-corrected chi connectivity index (χ1v) is 6.93. The maximum Gasteiger partial charge on any atom is 0.304 e. The van der Waals surface area contributed by atoms with Crippen molar-refractivity contribution in [1.29, 1.82) is 0 Å². The molecule has 1 aliphatic rings. The molecule has 1 N–H and O–H groups in total. The normalized spacial score (nSPS) is 16.6. The van der Waals surface area contributed by atoms with Crippen LogP contribution in [0.15, 0.2) is 0 Å². The Labute approximate surface area is 114 Å². The fourth-order valence-electron chi connectivity index (χ4n) is 2.04. The van der Waals surface area contributed by atoms with Crippen LogP contribution in [-0.4, -0.2) is 72.7 Å². The first-order valence-electron chi connectivity index (χ1n) is 6.93. The maximum atomic E-state index is 11.9. The SMILES string of the molecule is CCCOCCC(=O)N1CCN(CCC(=O)O)CC1. The number of nitrogens with zero attached hydrogens (tertiary/aromatic N) is 2. The summed E-state index contributed by atoms with van der Waals surface area (Å²) < 4.78 is 5.31. The highest BCUT2D eigenvalue weighted by atomic mass is 16.5. The fraction of sp³-hybridized carbons (Fsp3) is 0.846. The van der Waals surface area contributed by atoms with Crippen LogP contribution in [0.1, 0.15) is 26.2 Å². The fourth-order valence-corrected chi connectivity index (χ4v) is 2.04. The van der Waals surface area contributed by atoms with E-state index >= 15 is 0 Å². The summed E-state index contributed by atoms with van der Waals surface area (Å²) in [6, 6.07) is 0. The summed E-state index contributed by atoms with van der Waals surface area (Å²) in [4.78, 5) is 26.3. The Morgan fingerprint density at radius 3 is 2.37 bits per heavy atom. The van der Waals surface area contributed by atoms with Crippen molar-refractivity contribution in [3.8, 4) is 0 Å². The first kappa shape index (κ1) is 15.9. The predicted octanol–water partition coefficient (Wildman–Crippen LogP) is 0.422. The topological polar surface area (TPSA) is 70.1 Å². The first-order chi connectivity index (χ1) is 9.13. The van der Waals surface area contributed by atoms with E-state index in [0.29, 0.717) is 39.3 Å². The Balaban J connectivity index is 2.14. The van der Waals surface area contributed by atoms with Gasteiger partial charge in [0.1, 0.15) is 0 Å². The minimum atomic E-state index is -0.772. The third-order valence-electron chi connectivity index (χ3n) is 3.18. The molecule has 0 aromatic rings. The second kappa shape index (κ2) is 8.87. The van der Waals surface area contributed by atoms with Gasteiger partial charge in [-0.25, -0.2) is 0 Å². The van der Waals surface area contributed by atoms with Crippen molar-refractivity contribution < 1.29 is 19.4 Å². The van der Waals surface area contributed by atoms with Gasteiger partial charge in [0.2, 0.25) is 5.91 Å². The van der Waals surface area contributed by atoms with E-state index in [0.717, 1.165) is 19.5 Å². The highest BCUT2D eigenvalue weighted by molar-refractivity contribution is 5.76. The summed E-state index contributed by atoms with van der Waals surface area (Å²) in [5, 5.41) is 8.62. The zero-order chi connectivity index (χ0) is 14.1. The Kier molecular flexibility index (Phi) is 7.43. The molecule has 1 fully saturated rings. The van der Waals surface area contributed by atoms with Crippen molar-refractivity contribution in [3.63, 3.8) is 0 Å². The van der Waals surface area contributed by atoms with Gasteiger partial charge in [0.25, 0.3) is 0 Å². The monoisotopic (exact) mass is 272 g/mol. The standard InChI is InChI=1S/C13H24N2O4/c1-2-10-19-11-4-12(16)15-8-6-14(7-9-15)5-3-13(17)18/h2-11H2,1H3,(H,17,18). The van der Waals surface area contributed by atoms with Crippen molar-refractivity contribution in [3.05, 3.63) is 0 Å². The van der Waals surface area contributed by atoms with Crippen LogP contribution in [0.3, 0.4) is 0 Å². The number of hydrogen-bond acceptors (Lipinski definition) is 4. The van der Waals surface area contributed by atoms with Crippen LogP contribution in [0, 0.1) is 0 Å². The zero-order valence-corrected chi connectivity index (χ0v) is 11.6. The molecule has 0 spiro atoms. The molecule has 0 saturated carbocycles. The van der Waals surface area contributed by atoms with Gasteiger partial charge in [-0.05, 0) is 6.42 Å². The summed E-state index contributed by atoms with van der Waals surface area (Å²) >= 11 is 0. The largest absolute Gasteiger partial charge is 0.481 e. The van der Waals surface area contributed by atoms with Gasteiger partial charge >= 0.3 is 5.97 Å². The smallest absolute Gasteiger partial charge is 0.304 e. The van der Waals surface area contributed by atoms with Gasteiger partial charge in [-0.3, -0.25) is 14.5 Å². The lowest BCUT2D eigenvalue weighted by atomic mass is 10.2. The second-order valence-corrected chi connectivity index (χ2v) is 4.73. The molecule has 1 aliphatic heterocycles. The molecule has 6 nitrogen and oxygen atoms in total. The van der Waals surface area contributed by atoms with E-state index in [-0.39, 0.29) is 12.3 Å². The Hall–Kier alpha value is -1.14. The van der Waals surface area contributed by atoms with Crippen LogP contribution in [0.5, 0.6) is 0 Å². The highest BCUT2D eigenvalue weighted by Gasteiger charge is 2.20. The van der Waals surface area contributed by atoms with Gasteiger partial charge in [0.05, 0.1) is 19.4 Å². The van der Waals surface area contributed by atoms with Crippen molar-refractivity contribution >= 4 is 11.9 Å². The van der Waals surface area contributed by atoms with Crippen LogP contribution in [0.2, 0.25) is 0 Å². The number of amides is 1. The summed E-state index contributed by atoms with van der Waals surface area (Å²) in [5.41, 5.74) is 0. The van der Waals surface area contributed by atoms with Crippen LogP contribution in [0.4, 0.5) is 0 Å². The Morgan fingerprint density at radius 2 is 1.79 bits per heavy atom. The van der Waals surface area contributed by atoms with E-state index in [1.165, 1.54) is 0 Å². The molecule has 6 heteroatoms. The summed E-state index contributed by atoms with van der Waals surface area (Å²) in [5.74, 6) is -0.638. The lowest BCUT2D eigenvalue weighted by Crippen LogP contribution is -2.49. The Morgan fingerprint density at radius 1 is 1.11 bits per heavy atom. The number of carbonyl (C=O) groups excluding carboxylic acids is 1. The number of piperazine rings is 1. The lowest BCUT2D eigenvalue weighted by molar-refractivity contribution is -0.138. The molecule has 0 aromatic heterocycles. The summed E-state index contributed by atoms with van der Waals surface area (Å²) in [7, 11) is 0. The molecule has 1 heterocycles.